The first-order valence-corrected chi connectivity index (χ1v) is 9.82. The zero-order valence-electron chi connectivity index (χ0n) is 14.7. The number of thioether (sulfide) groups is 1. The molecule has 0 radical (unpaired) electrons. The maximum atomic E-state index is 12.6. The van der Waals surface area contributed by atoms with Gasteiger partial charge in [0.2, 0.25) is 17.6 Å². The highest BCUT2D eigenvalue weighted by atomic mass is 35.5. The highest BCUT2D eigenvalue weighted by molar-refractivity contribution is 8.00. The molecular formula is C19H17Cl2N3O2S. The van der Waals surface area contributed by atoms with Gasteiger partial charge in [0.15, 0.2) is 0 Å². The van der Waals surface area contributed by atoms with Crippen LogP contribution in [0.4, 0.5) is 0 Å². The summed E-state index contributed by atoms with van der Waals surface area (Å²) in [5.41, 5.74) is 0.690. The average Bonchev–Trinajstić information content (AvgIpc) is 3.11. The zero-order chi connectivity index (χ0) is 19.4. The van der Waals surface area contributed by atoms with Gasteiger partial charge in [-0.2, -0.15) is 4.98 Å². The van der Waals surface area contributed by atoms with Crippen molar-refractivity contribution in [3.63, 3.8) is 0 Å². The number of benzene rings is 2. The highest BCUT2D eigenvalue weighted by Gasteiger charge is 2.21. The van der Waals surface area contributed by atoms with Crippen LogP contribution in [0.25, 0.3) is 11.4 Å². The lowest BCUT2D eigenvalue weighted by Gasteiger charge is -2.19. The van der Waals surface area contributed by atoms with E-state index in [0.717, 1.165) is 4.90 Å². The fourth-order valence-electron chi connectivity index (χ4n) is 2.43. The molecule has 1 atom stereocenters. The summed E-state index contributed by atoms with van der Waals surface area (Å²) in [5, 5.41) is 4.90. The van der Waals surface area contributed by atoms with E-state index in [1.54, 1.807) is 30.1 Å². The van der Waals surface area contributed by atoms with E-state index in [-0.39, 0.29) is 17.7 Å². The summed E-state index contributed by atoms with van der Waals surface area (Å²) in [6, 6.07) is 14.7. The molecule has 1 amide bonds. The Balaban J connectivity index is 1.63. The fourth-order valence-corrected chi connectivity index (χ4v) is 3.76. The predicted octanol–water partition coefficient (Wildman–Crippen LogP) is 5.18. The number of rotatable bonds is 6. The summed E-state index contributed by atoms with van der Waals surface area (Å²) in [5.74, 6) is 0.719. The van der Waals surface area contributed by atoms with Crippen molar-refractivity contribution in [2.24, 2.45) is 0 Å². The largest absolute Gasteiger partial charge is 0.337 e. The lowest BCUT2D eigenvalue weighted by molar-refractivity contribution is -0.129. The number of halogens is 2. The second kappa shape index (κ2) is 8.78. The Kier molecular flexibility index (Phi) is 6.42. The van der Waals surface area contributed by atoms with Crippen LogP contribution in [0.5, 0.6) is 0 Å². The summed E-state index contributed by atoms with van der Waals surface area (Å²) in [6.07, 6.45) is 0. The van der Waals surface area contributed by atoms with E-state index in [9.17, 15) is 4.79 Å². The molecule has 2 aromatic carbocycles. The van der Waals surface area contributed by atoms with Gasteiger partial charge in [-0.25, -0.2) is 0 Å². The van der Waals surface area contributed by atoms with Crippen LogP contribution in [0.1, 0.15) is 12.8 Å². The maximum absolute atomic E-state index is 12.6. The molecule has 1 aromatic heterocycles. The number of hydrogen-bond donors (Lipinski definition) is 0. The summed E-state index contributed by atoms with van der Waals surface area (Å²) in [6.45, 7) is 2.09. The Labute approximate surface area is 171 Å². The Bertz CT molecular complexity index is 931. The van der Waals surface area contributed by atoms with Crippen molar-refractivity contribution in [1.82, 2.24) is 15.0 Å². The van der Waals surface area contributed by atoms with E-state index in [1.165, 1.54) is 11.8 Å². The van der Waals surface area contributed by atoms with E-state index in [4.69, 9.17) is 27.7 Å². The van der Waals surface area contributed by atoms with Crippen LogP contribution in [-0.4, -0.2) is 33.2 Å². The Morgan fingerprint density at radius 2 is 1.89 bits per heavy atom. The quantitative estimate of drug-likeness (QED) is 0.512. The van der Waals surface area contributed by atoms with Crippen molar-refractivity contribution in [1.29, 1.82) is 0 Å². The van der Waals surface area contributed by atoms with E-state index >= 15 is 0 Å². The van der Waals surface area contributed by atoms with Gasteiger partial charge in [-0.15, -0.1) is 11.8 Å². The van der Waals surface area contributed by atoms with Crippen LogP contribution >= 0.6 is 35.0 Å². The Morgan fingerprint density at radius 1 is 1.19 bits per heavy atom. The van der Waals surface area contributed by atoms with E-state index < -0.39 is 0 Å². The van der Waals surface area contributed by atoms with Crippen molar-refractivity contribution in [2.75, 3.05) is 7.05 Å². The number of carbonyl (C=O) groups is 1. The zero-order valence-corrected chi connectivity index (χ0v) is 17.1. The molecule has 0 aliphatic heterocycles. The van der Waals surface area contributed by atoms with Gasteiger partial charge in [0, 0.05) is 22.5 Å². The van der Waals surface area contributed by atoms with E-state index in [0.29, 0.717) is 27.3 Å². The molecule has 0 saturated heterocycles. The van der Waals surface area contributed by atoms with Crippen LogP contribution < -0.4 is 0 Å². The Morgan fingerprint density at radius 3 is 2.59 bits per heavy atom. The van der Waals surface area contributed by atoms with Gasteiger partial charge >= 0.3 is 0 Å². The predicted molar refractivity (Wildman–Crippen MR) is 108 cm³/mol. The third-order valence-electron chi connectivity index (χ3n) is 3.81. The van der Waals surface area contributed by atoms with Gasteiger partial charge in [-0.05, 0) is 43.3 Å². The molecule has 0 fully saturated rings. The molecule has 3 rings (SSSR count). The minimum Gasteiger partial charge on any atom is -0.337 e. The molecule has 0 unspecified atom stereocenters. The van der Waals surface area contributed by atoms with Crippen molar-refractivity contribution >= 4 is 40.9 Å². The minimum atomic E-state index is -0.262. The van der Waals surface area contributed by atoms with Crippen molar-refractivity contribution in [3.8, 4) is 11.4 Å². The van der Waals surface area contributed by atoms with Gasteiger partial charge in [0.05, 0.1) is 16.8 Å². The molecule has 3 aromatic rings. The molecule has 0 saturated carbocycles. The van der Waals surface area contributed by atoms with E-state index in [2.05, 4.69) is 10.1 Å². The second-order valence-electron chi connectivity index (χ2n) is 5.90. The molecule has 0 aliphatic rings. The van der Waals surface area contributed by atoms with Gasteiger partial charge in [-0.1, -0.05) is 40.5 Å². The average molecular weight is 422 g/mol. The van der Waals surface area contributed by atoms with Gasteiger partial charge < -0.3 is 9.42 Å². The second-order valence-corrected chi connectivity index (χ2v) is 8.16. The number of aromatic nitrogens is 2. The normalized spacial score (nSPS) is 12.0. The molecule has 0 bridgehead atoms. The first-order chi connectivity index (χ1) is 12.9. The molecule has 8 heteroatoms. The third-order valence-corrected chi connectivity index (χ3v) is 5.49. The summed E-state index contributed by atoms with van der Waals surface area (Å²) >= 11 is 13.5. The van der Waals surface area contributed by atoms with Crippen LogP contribution in [0.3, 0.4) is 0 Å². The number of hydrogen-bond acceptors (Lipinski definition) is 5. The first-order valence-electron chi connectivity index (χ1n) is 8.18. The first kappa shape index (κ1) is 19.7. The number of nitrogens with zero attached hydrogens (tertiary/aromatic N) is 3. The van der Waals surface area contributed by atoms with Crippen LogP contribution in [0, 0.1) is 0 Å². The molecule has 140 valence electrons. The van der Waals surface area contributed by atoms with Crippen molar-refractivity contribution < 1.29 is 9.32 Å². The van der Waals surface area contributed by atoms with Gasteiger partial charge in [-0.3, -0.25) is 4.79 Å². The van der Waals surface area contributed by atoms with Crippen LogP contribution in [0.2, 0.25) is 10.0 Å². The fraction of sp³-hybridized carbons (Fsp3) is 0.211. The number of carbonyl (C=O) groups excluding carboxylic acids is 1. The maximum Gasteiger partial charge on any atom is 0.246 e. The lowest BCUT2D eigenvalue weighted by atomic mass is 10.2. The molecule has 0 N–H and O–H groups in total. The minimum absolute atomic E-state index is 0.0348. The topological polar surface area (TPSA) is 59.2 Å². The number of amides is 1. The lowest BCUT2D eigenvalue weighted by Crippen LogP contribution is -2.32. The molecule has 5 nitrogen and oxygen atoms in total. The third kappa shape index (κ3) is 5.03. The summed E-state index contributed by atoms with van der Waals surface area (Å²) < 4.78 is 5.27. The van der Waals surface area contributed by atoms with E-state index in [1.807, 2.05) is 37.3 Å². The molecule has 0 spiro atoms. The SMILES string of the molecule is C[C@H](Sc1ccc(Cl)cc1)C(=O)N(C)Cc1nc(-c2ccccc2Cl)no1. The standard InChI is InChI=1S/C19H17Cl2N3O2S/c1-12(27-14-9-7-13(20)8-10-14)19(25)24(2)11-17-22-18(23-26-17)15-5-3-4-6-16(15)21/h3-10,12H,11H2,1-2H3/t12-/m0/s1. The summed E-state index contributed by atoms with van der Waals surface area (Å²) in [4.78, 5) is 19.5. The summed E-state index contributed by atoms with van der Waals surface area (Å²) in [7, 11) is 1.71. The smallest absolute Gasteiger partial charge is 0.246 e. The van der Waals surface area contributed by atoms with Gasteiger partial charge in [0.1, 0.15) is 0 Å². The van der Waals surface area contributed by atoms with Crippen LogP contribution in [0.15, 0.2) is 57.9 Å². The monoisotopic (exact) mass is 421 g/mol. The molecule has 0 aliphatic carbocycles. The highest BCUT2D eigenvalue weighted by Crippen LogP contribution is 2.27. The Hall–Kier alpha value is -2.02. The molecule has 1 heterocycles. The van der Waals surface area contributed by atoms with Crippen molar-refractivity contribution in [2.45, 2.75) is 23.6 Å². The van der Waals surface area contributed by atoms with Crippen molar-refractivity contribution in [3.05, 3.63) is 64.5 Å². The van der Waals surface area contributed by atoms with Crippen LogP contribution in [-0.2, 0) is 11.3 Å². The van der Waals surface area contributed by atoms with Gasteiger partial charge in [0.25, 0.3) is 0 Å². The molecule has 27 heavy (non-hydrogen) atoms. The molecular weight excluding hydrogens is 405 g/mol.